The summed E-state index contributed by atoms with van der Waals surface area (Å²) in [6.45, 7) is 2.24. The summed E-state index contributed by atoms with van der Waals surface area (Å²) in [5.74, 6) is 1.85. The first-order valence-corrected chi connectivity index (χ1v) is 8.30. The first-order valence-electron chi connectivity index (χ1n) is 8.30. The summed E-state index contributed by atoms with van der Waals surface area (Å²) in [6.07, 6.45) is -1.79. The van der Waals surface area contributed by atoms with Gasteiger partial charge in [-0.2, -0.15) is 0 Å². The van der Waals surface area contributed by atoms with Crippen LogP contribution in [0, 0.1) is 29.6 Å². The summed E-state index contributed by atoms with van der Waals surface area (Å²) < 4.78 is 0. The molecule has 0 aliphatic heterocycles. The van der Waals surface area contributed by atoms with Crippen LogP contribution in [0.2, 0.25) is 0 Å². The average molecular weight is 300 g/mol. The molecule has 21 heavy (non-hydrogen) atoms. The Balaban J connectivity index is 1.79. The lowest BCUT2D eigenvalue weighted by Crippen LogP contribution is -2.51. The minimum absolute atomic E-state index is 0.0161. The summed E-state index contributed by atoms with van der Waals surface area (Å²) in [7, 11) is 0. The van der Waals surface area contributed by atoms with Gasteiger partial charge >= 0.3 is 0 Å². The molecule has 0 heterocycles. The first kappa shape index (κ1) is 15.7. The highest BCUT2D eigenvalue weighted by atomic mass is 16.4. The highest BCUT2D eigenvalue weighted by Gasteiger charge is 2.52. The van der Waals surface area contributed by atoms with E-state index in [9.17, 15) is 25.5 Å². The lowest BCUT2D eigenvalue weighted by atomic mass is 9.65. The normalized spacial score (nSPS) is 58.0. The van der Waals surface area contributed by atoms with E-state index in [1.165, 1.54) is 6.42 Å². The molecule has 3 aliphatic rings. The van der Waals surface area contributed by atoms with Crippen LogP contribution in [-0.4, -0.2) is 56.1 Å². The Hall–Kier alpha value is -0.200. The topological polar surface area (TPSA) is 101 Å². The Bertz CT molecular complexity index is 358. The van der Waals surface area contributed by atoms with E-state index < -0.39 is 30.5 Å². The number of hydrogen-bond donors (Lipinski definition) is 5. The van der Waals surface area contributed by atoms with Gasteiger partial charge in [-0.1, -0.05) is 6.92 Å². The molecule has 0 radical (unpaired) electrons. The number of rotatable bonds is 1. The van der Waals surface area contributed by atoms with Crippen LogP contribution in [0.3, 0.4) is 0 Å². The quantitative estimate of drug-likeness (QED) is 0.465. The zero-order valence-corrected chi connectivity index (χ0v) is 12.5. The SMILES string of the molecule is CC1CC(C2C(O)CC(O)C(O)C(O)CC2O)C2CCC12. The van der Waals surface area contributed by atoms with Gasteiger partial charge in [-0.15, -0.1) is 0 Å². The molecule has 3 rings (SSSR count). The van der Waals surface area contributed by atoms with E-state index in [2.05, 4.69) is 6.92 Å². The summed E-state index contributed by atoms with van der Waals surface area (Å²) >= 11 is 0. The minimum atomic E-state index is -1.30. The highest BCUT2D eigenvalue weighted by molar-refractivity contribution is 5.02. The van der Waals surface area contributed by atoms with Crippen molar-refractivity contribution in [3.8, 4) is 0 Å². The second-order valence-corrected chi connectivity index (χ2v) is 7.59. The molecule has 0 aromatic rings. The van der Waals surface area contributed by atoms with E-state index in [1.54, 1.807) is 0 Å². The van der Waals surface area contributed by atoms with Crippen LogP contribution in [-0.2, 0) is 0 Å². The molecule has 5 N–H and O–H groups in total. The third kappa shape index (κ3) is 2.63. The Morgan fingerprint density at radius 1 is 0.619 bits per heavy atom. The van der Waals surface area contributed by atoms with Gasteiger partial charge in [0.05, 0.1) is 24.4 Å². The molecular formula is C16H28O5. The van der Waals surface area contributed by atoms with E-state index >= 15 is 0 Å². The monoisotopic (exact) mass is 300 g/mol. The molecule has 122 valence electrons. The fourth-order valence-corrected chi connectivity index (χ4v) is 5.18. The molecule has 0 aromatic heterocycles. The Labute approximate surface area is 125 Å². The van der Waals surface area contributed by atoms with Crippen molar-refractivity contribution < 1.29 is 25.5 Å². The van der Waals surface area contributed by atoms with Gasteiger partial charge in [-0.05, 0) is 42.9 Å². The van der Waals surface area contributed by atoms with Crippen molar-refractivity contribution in [2.24, 2.45) is 29.6 Å². The van der Waals surface area contributed by atoms with Crippen molar-refractivity contribution in [3.63, 3.8) is 0 Å². The van der Waals surface area contributed by atoms with Gasteiger partial charge in [-0.25, -0.2) is 0 Å². The van der Waals surface area contributed by atoms with E-state index in [1.807, 2.05) is 0 Å². The van der Waals surface area contributed by atoms with Crippen LogP contribution >= 0.6 is 0 Å². The standard InChI is InChI=1S/C16H28O5/c1-7-4-10(9-3-2-8(7)9)15-11(17)5-13(19)16(21)14(20)6-12(15)18/h7-21H,2-6H2,1H3. The fraction of sp³-hybridized carbons (Fsp3) is 1.00. The lowest BCUT2D eigenvalue weighted by Gasteiger charge is -2.43. The van der Waals surface area contributed by atoms with Crippen molar-refractivity contribution in [2.45, 2.75) is 69.5 Å². The first-order chi connectivity index (χ1) is 9.90. The lowest BCUT2D eigenvalue weighted by molar-refractivity contribution is -0.136. The molecule has 0 saturated heterocycles. The third-order valence-electron chi connectivity index (χ3n) is 6.45. The number of aliphatic hydroxyl groups is 5. The van der Waals surface area contributed by atoms with E-state index in [0.29, 0.717) is 17.8 Å². The summed E-state index contributed by atoms with van der Waals surface area (Å²) in [6, 6.07) is 0. The van der Waals surface area contributed by atoms with Gasteiger partial charge < -0.3 is 25.5 Å². The summed E-state index contributed by atoms with van der Waals surface area (Å²) in [5, 5.41) is 50.5. The van der Waals surface area contributed by atoms with Crippen LogP contribution in [0.4, 0.5) is 0 Å². The van der Waals surface area contributed by atoms with Crippen LogP contribution in [0.25, 0.3) is 0 Å². The third-order valence-corrected chi connectivity index (χ3v) is 6.45. The van der Waals surface area contributed by atoms with E-state index in [0.717, 1.165) is 12.8 Å². The zero-order valence-electron chi connectivity index (χ0n) is 12.5. The molecule has 0 amide bonds. The van der Waals surface area contributed by atoms with E-state index in [-0.39, 0.29) is 24.7 Å². The number of fused-ring (bicyclic) bond motifs is 1. The molecule has 8 unspecified atom stereocenters. The van der Waals surface area contributed by atoms with Gasteiger partial charge in [0.15, 0.2) is 0 Å². The average Bonchev–Trinajstić information content (AvgIpc) is 2.55. The van der Waals surface area contributed by atoms with Crippen molar-refractivity contribution >= 4 is 0 Å². The van der Waals surface area contributed by atoms with Gasteiger partial charge in [0.25, 0.3) is 0 Å². The molecule has 5 nitrogen and oxygen atoms in total. The van der Waals surface area contributed by atoms with Gasteiger partial charge in [0.1, 0.15) is 6.10 Å². The van der Waals surface area contributed by atoms with Crippen LogP contribution in [0.5, 0.6) is 0 Å². The molecule has 8 atom stereocenters. The van der Waals surface area contributed by atoms with Crippen LogP contribution in [0.1, 0.15) is 39.0 Å². The molecule has 0 bridgehead atoms. The predicted octanol–water partition coefficient (Wildman–Crippen LogP) is -0.117. The second-order valence-electron chi connectivity index (χ2n) is 7.59. The zero-order chi connectivity index (χ0) is 15.3. The van der Waals surface area contributed by atoms with Crippen molar-refractivity contribution in [3.05, 3.63) is 0 Å². The van der Waals surface area contributed by atoms with Crippen LogP contribution in [0.15, 0.2) is 0 Å². The molecule has 0 aromatic carbocycles. The van der Waals surface area contributed by atoms with Gasteiger partial charge in [-0.3, -0.25) is 0 Å². The maximum Gasteiger partial charge on any atom is 0.106 e. The maximum absolute atomic E-state index is 10.5. The maximum atomic E-state index is 10.5. The number of aliphatic hydroxyl groups excluding tert-OH is 5. The predicted molar refractivity (Wildman–Crippen MR) is 76.2 cm³/mol. The molecule has 0 spiro atoms. The Morgan fingerprint density at radius 2 is 1.14 bits per heavy atom. The molecule has 3 fully saturated rings. The van der Waals surface area contributed by atoms with Crippen molar-refractivity contribution in [2.75, 3.05) is 0 Å². The van der Waals surface area contributed by atoms with Gasteiger partial charge in [0, 0.05) is 18.8 Å². The molecule has 3 saturated carbocycles. The molecular weight excluding hydrogens is 272 g/mol. The summed E-state index contributed by atoms with van der Waals surface area (Å²) in [4.78, 5) is 0. The minimum Gasteiger partial charge on any atom is -0.393 e. The molecule has 3 aliphatic carbocycles. The largest absolute Gasteiger partial charge is 0.393 e. The van der Waals surface area contributed by atoms with Crippen LogP contribution < -0.4 is 0 Å². The Kier molecular flexibility index (Phi) is 4.32. The fourth-order valence-electron chi connectivity index (χ4n) is 5.18. The van der Waals surface area contributed by atoms with Crippen molar-refractivity contribution in [1.82, 2.24) is 0 Å². The van der Waals surface area contributed by atoms with Gasteiger partial charge in [0.2, 0.25) is 0 Å². The smallest absolute Gasteiger partial charge is 0.106 e. The van der Waals surface area contributed by atoms with E-state index in [4.69, 9.17) is 0 Å². The molecule has 5 heteroatoms. The highest BCUT2D eigenvalue weighted by Crippen LogP contribution is 2.57. The Morgan fingerprint density at radius 3 is 1.57 bits per heavy atom. The summed E-state index contributed by atoms with van der Waals surface area (Å²) in [5.41, 5.74) is 0. The second kappa shape index (κ2) is 5.78. The number of hydrogen-bond acceptors (Lipinski definition) is 5. The van der Waals surface area contributed by atoms with Crippen molar-refractivity contribution in [1.29, 1.82) is 0 Å².